The van der Waals surface area contributed by atoms with Crippen molar-refractivity contribution in [1.82, 2.24) is 19.7 Å². The summed E-state index contributed by atoms with van der Waals surface area (Å²) in [6, 6.07) is 4.05. The van der Waals surface area contributed by atoms with E-state index >= 15 is 0 Å². The number of aromatic nitrogens is 4. The van der Waals surface area contributed by atoms with E-state index in [0.29, 0.717) is 4.77 Å². The SMILES string of the molecule is CCCn1c(-c2ccc(C)nc2C)n[nH]c1=S. The molecular formula is C12H16N4S. The number of hydrogen-bond acceptors (Lipinski definition) is 3. The molecule has 0 atom stereocenters. The van der Waals surface area contributed by atoms with E-state index in [2.05, 4.69) is 28.2 Å². The molecule has 4 nitrogen and oxygen atoms in total. The number of pyridine rings is 1. The van der Waals surface area contributed by atoms with Crippen LogP contribution >= 0.6 is 12.2 Å². The molecule has 0 aliphatic heterocycles. The lowest BCUT2D eigenvalue weighted by atomic mass is 10.1. The summed E-state index contributed by atoms with van der Waals surface area (Å²) in [7, 11) is 0. The average molecular weight is 248 g/mol. The highest BCUT2D eigenvalue weighted by molar-refractivity contribution is 7.71. The minimum atomic E-state index is 0.668. The second-order valence-corrected chi connectivity index (χ2v) is 4.48. The summed E-state index contributed by atoms with van der Waals surface area (Å²) < 4.78 is 2.69. The monoisotopic (exact) mass is 248 g/mol. The quantitative estimate of drug-likeness (QED) is 0.849. The van der Waals surface area contributed by atoms with Gasteiger partial charge >= 0.3 is 0 Å². The summed E-state index contributed by atoms with van der Waals surface area (Å²) in [5.41, 5.74) is 3.04. The lowest BCUT2D eigenvalue weighted by molar-refractivity contribution is 0.674. The van der Waals surface area contributed by atoms with Crippen molar-refractivity contribution in [3.05, 3.63) is 28.3 Å². The van der Waals surface area contributed by atoms with Crippen molar-refractivity contribution in [2.24, 2.45) is 0 Å². The third kappa shape index (κ3) is 2.29. The molecule has 5 heteroatoms. The van der Waals surface area contributed by atoms with E-state index < -0.39 is 0 Å². The molecule has 17 heavy (non-hydrogen) atoms. The Morgan fingerprint density at radius 3 is 2.76 bits per heavy atom. The van der Waals surface area contributed by atoms with E-state index in [1.807, 2.05) is 24.5 Å². The third-order valence-electron chi connectivity index (χ3n) is 2.67. The fourth-order valence-corrected chi connectivity index (χ4v) is 2.10. The van der Waals surface area contributed by atoms with Gasteiger partial charge in [0.2, 0.25) is 0 Å². The first-order valence-electron chi connectivity index (χ1n) is 5.73. The molecule has 0 bridgehead atoms. The van der Waals surface area contributed by atoms with Gasteiger partial charge in [-0.1, -0.05) is 6.92 Å². The van der Waals surface area contributed by atoms with Gasteiger partial charge in [-0.25, -0.2) is 0 Å². The second kappa shape index (κ2) is 4.79. The molecule has 0 saturated carbocycles. The highest BCUT2D eigenvalue weighted by atomic mass is 32.1. The summed E-state index contributed by atoms with van der Waals surface area (Å²) in [5, 5.41) is 7.15. The molecule has 0 spiro atoms. The van der Waals surface area contributed by atoms with Crippen LogP contribution in [0.5, 0.6) is 0 Å². The number of aryl methyl sites for hydroxylation is 2. The Morgan fingerprint density at radius 2 is 2.12 bits per heavy atom. The fourth-order valence-electron chi connectivity index (χ4n) is 1.88. The molecule has 0 fully saturated rings. The summed E-state index contributed by atoms with van der Waals surface area (Å²) in [6.45, 7) is 6.98. The van der Waals surface area contributed by atoms with E-state index in [1.54, 1.807) is 0 Å². The van der Waals surface area contributed by atoms with E-state index in [4.69, 9.17) is 12.2 Å². The zero-order valence-electron chi connectivity index (χ0n) is 10.3. The lowest BCUT2D eigenvalue weighted by Gasteiger charge is -2.07. The van der Waals surface area contributed by atoms with Crippen LogP contribution in [0.25, 0.3) is 11.4 Å². The summed E-state index contributed by atoms with van der Waals surface area (Å²) >= 11 is 5.23. The largest absolute Gasteiger partial charge is 0.300 e. The zero-order valence-corrected chi connectivity index (χ0v) is 11.1. The van der Waals surface area contributed by atoms with E-state index in [1.165, 1.54) is 0 Å². The summed E-state index contributed by atoms with van der Waals surface area (Å²) in [5.74, 6) is 0.877. The molecule has 2 aromatic rings. The van der Waals surface area contributed by atoms with Crippen molar-refractivity contribution in [2.45, 2.75) is 33.7 Å². The van der Waals surface area contributed by atoms with Crippen molar-refractivity contribution in [1.29, 1.82) is 0 Å². The van der Waals surface area contributed by atoms with E-state index in [0.717, 1.165) is 35.7 Å². The molecule has 1 N–H and O–H groups in total. The Hall–Kier alpha value is -1.49. The van der Waals surface area contributed by atoms with Crippen LogP contribution in [0, 0.1) is 18.6 Å². The fraction of sp³-hybridized carbons (Fsp3) is 0.417. The molecule has 2 aromatic heterocycles. The smallest absolute Gasteiger partial charge is 0.195 e. The van der Waals surface area contributed by atoms with Gasteiger partial charge in [0.15, 0.2) is 10.6 Å². The predicted molar refractivity (Wildman–Crippen MR) is 70.4 cm³/mol. The first-order chi connectivity index (χ1) is 8.13. The van der Waals surface area contributed by atoms with Gasteiger partial charge in [-0.15, -0.1) is 0 Å². The number of nitrogens with one attached hydrogen (secondary N) is 1. The Kier molecular flexibility index (Phi) is 3.38. The molecule has 0 aliphatic rings. The maximum absolute atomic E-state index is 5.23. The first kappa shape index (κ1) is 12.0. The van der Waals surface area contributed by atoms with Crippen LogP contribution in [0.4, 0.5) is 0 Å². The van der Waals surface area contributed by atoms with Crippen LogP contribution in [-0.4, -0.2) is 19.7 Å². The molecule has 0 amide bonds. The van der Waals surface area contributed by atoms with Crippen molar-refractivity contribution in [3.8, 4) is 11.4 Å². The summed E-state index contributed by atoms with van der Waals surface area (Å²) in [4.78, 5) is 4.46. The van der Waals surface area contributed by atoms with Gasteiger partial charge in [0.1, 0.15) is 0 Å². The first-order valence-corrected chi connectivity index (χ1v) is 6.14. The number of H-pyrrole nitrogens is 1. The maximum Gasteiger partial charge on any atom is 0.195 e. The molecule has 0 unspecified atom stereocenters. The topological polar surface area (TPSA) is 46.5 Å². The van der Waals surface area contributed by atoms with Gasteiger partial charge in [0.05, 0.1) is 0 Å². The van der Waals surface area contributed by atoms with Gasteiger partial charge in [0, 0.05) is 23.5 Å². The van der Waals surface area contributed by atoms with Gasteiger partial charge in [-0.05, 0) is 44.6 Å². The van der Waals surface area contributed by atoms with Crippen LogP contribution in [0.2, 0.25) is 0 Å². The van der Waals surface area contributed by atoms with Crippen molar-refractivity contribution >= 4 is 12.2 Å². The molecular weight excluding hydrogens is 232 g/mol. The third-order valence-corrected chi connectivity index (χ3v) is 2.98. The standard InChI is InChI=1S/C12H16N4S/c1-4-7-16-11(14-15-12(16)17)10-6-5-8(2)13-9(10)3/h5-6H,4,7H2,1-3H3,(H,15,17). The molecule has 90 valence electrons. The maximum atomic E-state index is 5.23. The highest BCUT2D eigenvalue weighted by Crippen LogP contribution is 2.20. The van der Waals surface area contributed by atoms with E-state index in [-0.39, 0.29) is 0 Å². The average Bonchev–Trinajstić information content (AvgIpc) is 2.62. The van der Waals surface area contributed by atoms with Crippen LogP contribution in [-0.2, 0) is 6.54 Å². The Balaban J connectivity index is 2.56. The van der Waals surface area contributed by atoms with Crippen LogP contribution < -0.4 is 0 Å². The molecule has 0 radical (unpaired) electrons. The second-order valence-electron chi connectivity index (χ2n) is 4.09. The van der Waals surface area contributed by atoms with Crippen LogP contribution in [0.1, 0.15) is 24.7 Å². The van der Waals surface area contributed by atoms with Crippen molar-refractivity contribution < 1.29 is 0 Å². The summed E-state index contributed by atoms with van der Waals surface area (Å²) in [6.07, 6.45) is 1.03. The zero-order chi connectivity index (χ0) is 12.4. The number of rotatable bonds is 3. The van der Waals surface area contributed by atoms with Crippen LogP contribution in [0.15, 0.2) is 12.1 Å². The molecule has 2 rings (SSSR count). The molecule has 0 aliphatic carbocycles. The Labute approximate surface area is 106 Å². The molecule has 0 saturated heterocycles. The van der Waals surface area contributed by atoms with Crippen molar-refractivity contribution in [3.63, 3.8) is 0 Å². The van der Waals surface area contributed by atoms with Gasteiger partial charge < -0.3 is 4.57 Å². The van der Waals surface area contributed by atoms with Gasteiger partial charge in [-0.3, -0.25) is 10.1 Å². The lowest BCUT2D eigenvalue weighted by Crippen LogP contribution is -2.02. The minimum Gasteiger partial charge on any atom is -0.300 e. The Morgan fingerprint density at radius 1 is 1.35 bits per heavy atom. The minimum absolute atomic E-state index is 0.668. The predicted octanol–water partition coefficient (Wildman–Crippen LogP) is 3.03. The number of nitrogens with zero attached hydrogens (tertiary/aromatic N) is 3. The Bertz CT molecular complexity index is 582. The molecule has 0 aromatic carbocycles. The van der Waals surface area contributed by atoms with Crippen LogP contribution in [0.3, 0.4) is 0 Å². The number of aromatic amines is 1. The normalized spacial score (nSPS) is 10.8. The molecule has 2 heterocycles. The van der Waals surface area contributed by atoms with Gasteiger partial charge in [0.25, 0.3) is 0 Å². The highest BCUT2D eigenvalue weighted by Gasteiger charge is 2.11. The van der Waals surface area contributed by atoms with Gasteiger partial charge in [-0.2, -0.15) is 5.10 Å². The van der Waals surface area contributed by atoms with Crippen molar-refractivity contribution in [2.75, 3.05) is 0 Å². The van der Waals surface area contributed by atoms with E-state index in [9.17, 15) is 0 Å². The number of hydrogen-bond donors (Lipinski definition) is 1.